The monoisotopic (exact) mass is 384 g/mol. The van der Waals surface area contributed by atoms with Gasteiger partial charge < -0.3 is 19.0 Å². The first-order chi connectivity index (χ1) is 13.2. The maximum absolute atomic E-state index is 11.2. The number of H-pyrrole nitrogens is 1. The van der Waals surface area contributed by atoms with E-state index in [0.29, 0.717) is 35.8 Å². The number of aromatic nitrogens is 2. The van der Waals surface area contributed by atoms with Gasteiger partial charge >= 0.3 is 10.9 Å². The van der Waals surface area contributed by atoms with Crippen molar-refractivity contribution in [1.29, 1.82) is 0 Å². The molecule has 0 radical (unpaired) electrons. The van der Waals surface area contributed by atoms with Crippen molar-refractivity contribution in [3.8, 4) is 17.7 Å². The molecule has 0 bridgehead atoms. The number of aromatic amines is 1. The van der Waals surface area contributed by atoms with Gasteiger partial charge in [-0.15, -0.1) is 0 Å². The number of rotatable bonds is 7. The molecule has 0 spiro atoms. The highest BCUT2D eigenvalue weighted by Crippen LogP contribution is 2.22. The van der Waals surface area contributed by atoms with Crippen LogP contribution in [-0.4, -0.2) is 28.3 Å². The number of aromatic hydroxyl groups is 1. The smallest absolute Gasteiger partial charge is 0.394 e. The van der Waals surface area contributed by atoms with E-state index in [4.69, 9.17) is 13.9 Å². The summed E-state index contributed by atoms with van der Waals surface area (Å²) in [7, 11) is 0. The predicted octanol–water partition coefficient (Wildman–Crippen LogP) is 3.33. The van der Waals surface area contributed by atoms with E-state index in [1.165, 1.54) is 0 Å². The number of ether oxygens (including phenoxy) is 2. The number of nitrogens with zero attached hydrogens (tertiary/aromatic N) is 1. The first-order valence-corrected chi connectivity index (χ1v) is 9.10. The van der Waals surface area contributed by atoms with Crippen LogP contribution in [-0.2, 0) is 6.42 Å². The van der Waals surface area contributed by atoms with Crippen LogP contribution in [0.25, 0.3) is 11.1 Å². The first-order valence-electron chi connectivity index (χ1n) is 8.28. The van der Waals surface area contributed by atoms with E-state index in [1.54, 1.807) is 0 Å². The van der Waals surface area contributed by atoms with Crippen LogP contribution in [0.2, 0.25) is 0 Å². The van der Waals surface area contributed by atoms with Crippen molar-refractivity contribution in [2.24, 2.45) is 0 Å². The van der Waals surface area contributed by atoms with Crippen LogP contribution in [0, 0.1) is 0 Å². The van der Waals surface area contributed by atoms with E-state index >= 15 is 0 Å². The molecule has 8 heteroatoms. The minimum absolute atomic E-state index is 0.0679. The third kappa shape index (κ3) is 4.12. The van der Waals surface area contributed by atoms with Gasteiger partial charge in [0.25, 0.3) is 0 Å². The minimum atomic E-state index is -0.263. The second kappa shape index (κ2) is 7.55. The van der Waals surface area contributed by atoms with Crippen molar-refractivity contribution in [3.05, 3.63) is 68.6 Å². The zero-order chi connectivity index (χ0) is 18.6. The summed E-state index contributed by atoms with van der Waals surface area (Å²) >= 11 is 1.01. The largest absolute Gasteiger partial charge is 0.494 e. The third-order valence-corrected chi connectivity index (χ3v) is 4.71. The van der Waals surface area contributed by atoms with Gasteiger partial charge in [0.2, 0.25) is 5.88 Å². The lowest BCUT2D eigenvalue weighted by Gasteiger charge is -2.07. The van der Waals surface area contributed by atoms with Gasteiger partial charge in [0.15, 0.2) is 5.58 Å². The van der Waals surface area contributed by atoms with Gasteiger partial charge in [-0.25, -0.2) is 0 Å². The summed E-state index contributed by atoms with van der Waals surface area (Å²) in [5.41, 5.74) is 2.40. The van der Waals surface area contributed by atoms with Crippen LogP contribution in [0.5, 0.6) is 17.7 Å². The van der Waals surface area contributed by atoms with Crippen molar-refractivity contribution >= 4 is 22.4 Å². The Morgan fingerprint density at radius 3 is 2.59 bits per heavy atom. The van der Waals surface area contributed by atoms with E-state index in [1.807, 2.05) is 48.5 Å². The molecule has 0 fully saturated rings. The summed E-state index contributed by atoms with van der Waals surface area (Å²) in [6.07, 6.45) is 0.705. The van der Waals surface area contributed by atoms with Crippen LogP contribution in [0.1, 0.15) is 10.4 Å². The second-order valence-electron chi connectivity index (χ2n) is 5.75. The van der Waals surface area contributed by atoms with Crippen LogP contribution in [0.15, 0.2) is 57.7 Å². The maximum Gasteiger partial charge on any atom is 0.394 e. The normalized spacial score (nSPS) is 11.0. The number of thiazole rings is 1. The highest BCUT2D eigenvalue weighted by Gasteiger charge is 2.08. The molecule has 2 aromatic carbocycles. The number of para-hydroxylation sites is 2. The Hall–Kier alpha value is -3.26. The van der Waals surface area contributed by atoms with Gasteiger partial charge in [0, 0.05) is 6.42 Å². The highest BCUT2D eigenvalue weighted by molar-refractivity contribution is 7.09. The lowest BCUT2D eigenvalue weighted by Crippen LogP contribution is -2.09. The van der Waals surface area contributed by atoms with Gasteiger partial charge in [-0.1, -0.05) is 35.6 Å². The first kappa shape index (κ1) is 17.2. The van der Waals surface area contributed by atoms with Gasteiger partial charge in [-0.2, -0.15) is 4.98 Å². The molecule has 2 heterocycles. The van der Waals surface area contributed by atoms with Gasteiger partial charge in [0.05, 0.1) is 4.88 Å². The molecular weight excluding hydrogens is 368 g/mol. The van der Waals surface area contributed by atoms with Crippen LogP contribution in [0.4, 0.5) is 0 Å². The third-order valence-electron chi connectivity index (χ3n) is 3.84. The summed E-state index contributed by atoms with van der Waals surface area (Å²) < 4.78 is 16.6. The van der Waals surface area contributed by atoms with Gasteiger partial charge in [-0.3, -0.25) is 9.78 Å². The molecule has 27 heavy (non-hydrogen) atoms. The Morgan fingerprint density at radius 1 is 1.07 bits per heavy atom. The Balaban J connectivity index is 1.27. The number of hydrogen-bond acceptors (Lipinski definition) is 7. The Labute approximate surface area is 157 Å². The molecule has 2 aromatic heterocycles. The van der Waals surface area contributed by atoms with Gasteiger partial charge in [0.1, 0.15) is 24.5 Å². The number of hydrogen-bond donors (Lipinski definition) is 2. The summed E-state index contributed by atoms with van der Waals surface area (Å²) in [6.45, 7) is 0.651. The fraction of sp³-hybridized carbons (Fsp3) is 0.158. The summed E-state index contributed by atoms with van der Waals surface area (Å²) in [6, 6.07) is 14.9. The Morgan fingerprint density at radius 2 is 1.85 bits per heavy atom. The fourth-order valence-electron chi connectivity index (χ4n) is 2.56. The van der Waals surface area contributed by atoms with E-state index in [0.717, 1.165) is 22.4 Å². The quantitative estimate of drug-likeness (QED) is 0.474. The van der Waals surface area contributed by atoms with Crippen LogP contribution >= 0.6 is 11.3 Å². The average Bonchev–Trinajstić information content (AvgIpc) is 3.22. The molecule has 2 N–H and O–H groups in total. The zero-order valence-corrected chi connectivity index (χ0v) is 15.0. The minimum Gasteiger partial charge on any atom is -0.494 e. The molecule has 0 saturated heterocycles. The van der Waals surface area contributed by atoms with Gasteiger partial charge in [-0.05, 0) is 29.8 Å². The molecule has 0 unspecified atom stereocenters. The molecule has 4 aromatic rings. The summed E-state index contributed by atoms with van der Waals surface area (Å²) in [4.78, 5) is 18.2. The number of benzene rings is 2. The van der Waals surface area contributed by atoms with E-state index in [9.17, 15) is 9.90 Å². The molecule has 0 aliphatic carbocycles. The molecule has 0 atom stereocenters. The summed E-state index contributed by atoms with van der Waals surface area (Å²) in [5, 5.41) is 9.63. The molecule has 138 valence electrons. The molecule has 0 saturated carbocycles. The zero-order valence-electron chi connectivity index (χ0n) is 14.2. The Kier molecular flexibility index (Phi) is 4.80. The van der Waals surface area contributed by atoms with E-state index in [2.05, 4.69) is 9.97 Å². The molecule has 4 rings (SSSR count). The van der Waals surface area contributed by atoms with E-state index in [-0.39, 0.29) is 16.8 Å². The SMILES string of the molecule is O=c1[nH]c(O)c(Cc2ccc(OCCOc3nc4ccccc4o3)cc2)s1. The molecule has 0 aliphatic rings. The lowest BCUT2D eigenvalue weighted by molar-refractivity contribution is 0.179. The van der Waals surface area contributed by atoms with Crippen molar-refractivity contribution < 1.29 is 19.0 Å². The van der Waals surface area contributed by atoms with Crippen molar-refractivity contribution in [2.75, 3.05) is 13.2 Å². The average molecular weight is 384 g/mol. The van der Waals surface area contributed by atoms with Crippen molar-refractivity contribution in [3.63, 3.8) is 0 Å². The fourth-order valence-corrected chi connectivity index (χ4v) is 3.32. The van der Waals surface area contributed by atoms with Crippen LogP contribution < -0.4 is 14.3 Å². The molecular formula is C19H16N2O5S. The summed E-state index contributed by atoms with van der Waals surface area (Å²) in [5.74, 6) is 0.632. The molecule has 0 aliphatic heterocycles. The highest BCUT2D eigenvalue weighted by atomic mass is 32.1. The number of oxazole rings is 1. The standard InChI is InChI=1S/C19H16N2O5S/c22-17-16(27-18(23)21-17)11-12-5-7-13(8-6-12)24-9-10-25-19-20-14-3-1-2-4-15(14)26-19/h1-8,22H,9-11H2,(H,21,23). The van der Waals surface area contributed by atoms with Crippen molar-refractivity contribution in [2.45, 2.75) is 6.42 Å². The lowest BCUT2D eigenvalue weighted by atomic mass is 10.1. The number of nitrogens with one attached hydrogen (secondary N) is 1. The topological polar surface area (TPSA) is 97.6 Å². The van der Waals surface area contributed by atoms with E-state index < -0.39 is 0 Å². The van der Waals surface area contributed by atoms with Crippen LogP contribution in [0.3, 0.4) is 0 Å². The second-order valence-corrected chi connectivity index (χ2v) is 6.82. The maximum atomic E-state index is 11.2. The number of fused-ring (bicyclic) bond motifs is 1. The predicted molar refractivity (Wildman–Crippen MR) is 101 cm³/mol. The molecule has 7 nitrogen and oxygen atoms in total. The molecule has 0 amide bonds. The van der Waals surface area contributed by atoms with Crippen molar-refractivity contribution in [1.82, 2.24) is 9.97 Å². The Bertz CT molecular complexity index is 1060.